The molecule has 0 unspecified atom stereocenters. The molecule has 0 bridgehead atoms. The first-order valence-electron chi connectivity index (χ1n) is 3.30. The number of methoxy groups -OCH3 is 1. The zero-order valence-corrected chi connectivity index (χ0v) is 7.13. The summed E-state index contributed by atoms with van der Waals surface area (Å²) in [6.07, 6.45) is 2.26. The van der Waals surface area contributed by atoms with Crippen molar-refractivity contribution in [3.05, 3.63) is 24.7 Å². The van der Waals surface area contributed by atoms with Gasteiger partial charge in [-0.05, 0) is 0 Å². The first-order valence-corrected chi connectivity index (χ1v) is 3.30. The van der Waals surface area contributed by atoms with E-state index in [-0.39, 0.29) is 0 Å². The molecule has 11 heavy (non-hydrogen) atoms. The molecule has 0 heterocycles. The SMILES string of the molecule is C=C(O)C(=O)/C=C\OC.CC. The van der Waals surface area contributed by atoms with Gasteiger partial charge in [0, 0.05) is 6.08 Å². The maximum Gasteiger partial charge on any atom is 0.222 e. The Kier molecular flexibility index (Phi) is 9.89. The molecule has 3 heteroatoms. The zero-order valence-electron chi connectivity index (χ0n) is 7.13. The minimum Gasteiger partial charge on any atom is -0.505 e. The van der Waals surface area contributed by atoms with E-state index in [4.69, 9.17) is 5.11 Å². The summed E-state index contributed by atoms with van der Waals surface area (Å²) in [4.78, 5) is 10.4. The van der Waals surface area contributed by atoms with Crippen LogP contribution in [0.5, 0.6) is 0 Å². The van der Waals surface area contributed by atoms with Crippen LogP contribution in [0, 0.1) is 0 Å². The van der Waals surface area contributed by atoms with Gasteiger partial charge in [-0.15, -0.1) is 0 Å². The van der Waals surface area contributed by atoms with Crippen LogP contribution in [0.15, 0.2) is 24.7 Å². The van der Waals surface area contributed by atoms with Crippen LogP contribution in [0.1, 0.15) is 13.8 Å². The van der Waals surface area contributed by atoms with Crippen LogP contribution >= 0.6 is 0 Å². The van der Waals surface area contributed by atoms with E-state index in [1.165, 1.54) is 13.4 Å². The van der Waals surface area contributed by atoms with E-state index < -0.39 is 11.5 Å². The summed E-state index contributed by atoms with van der Waals surface area (Å²) in [5.41, 5.74) is 0. The molecule has 0 aromatic heterocycles. The molecule has 0 spiro atoms. The molecule has 0 aromatic rings. The second-order valence-electron chi connectivity index (χ2n) is 1.35. The van der Waals surface area contributed by atoms with E-state index in [1.807, 2.05) is 13.8 Å². The largest absolute Gasteiger partial charge is 0.505 e. The summed E-state index contributed by atoms with van der Waals surface area (Å²) in [5, 5.41) is 8.40. The van der Waals surface area contributed by atoms with Gasteiger partial charge < -0.3 is 9.84 Å². The molecule has 3 nitrogen and oxygen atoms in total. The zero-order chi connectivity index (χ0) is 9.28. The maximum absolute atomic E-state index is 10.4. The normalized spacial score (nSPS) is 8.27. The molecule has 64 valence electrons. The molecular weight excluding hydrogens is 144 g/mol. The summed E-state index contributed by atoms with van der Waals surface area (Å²) in [5.74, 6) is -1.03. The lowest BCUT2D eigenvalue weighted by atomic mass is 10.3. The summed E-state index contributed by atoms with van der Waals surface area (Å²) in [7, 11) is 1.41. The van der Waals surface area contributed by atoms with Gasteiger partial charge in [-0.3, -0.25) is 4.79 Å². The van der Waals surface area contributed by atoms with Crippen molar-refractivity contribution >= 4 is 5.78 Å². The number of ketones is 1. The van der Waals surface area contributed by atoms with Crippen molar-refractivity contribution < 1.29 is 14.6 Å². The van der Waals surface area contributed by atoms with Crippen LogP contribution in [-0.4, -0.2) is 18.0 Å². The second kappa shape index (κ2) is 8.75. The molecule has 0 fully saturated rings. The number of hydrogen-bond donors (Lipinski definition) is 1. The van der Waals surface area contributed by atoms with Crippen molar-refractivity contribution in [2.75, 3.05) is 7.11 Å². The highest BCUT2D eigenvalue weighted by Crippen LogP contribution is 1.86. The average Bonchev–Trinajstić information content (AvgIpc) is 2.03. The van der Waals surface area contributed by atoms with Crippen LogP contribution in [-0.2, 0) is 9.53 Å². The third-order valence-corrected chi connectivity index (χ3v) is 0.640. The van der Waals surface area contributed by atoms with Gasteiger partial charge in [-0.25, -0.2) is 0 Å². The Morgan fingerprint density at radius 2 is 2.00 bits per heavy atom. The van der Waals surface area contributed by atoms with Gasteiger partial charge >= 0.3 is 0 Å². The van der Waals surface area contributed by atoms with Gasteiger partial charge in [0.1, 0.15) is 0 Å². The van der Waals surface area contributed by atoms with Crippen LogP contribution in [0.4, 0.5) is 0 Å². The third-order valence-electron chi connectivity index (χ3n) is 0.640. The molecule has 0 saturated heterocycles. The predicted octanol–water partition coefficient (Wildman–Crippen LogP) is 1.81. The number of rotatable bonds is 3. The Balaban J connectivity index is 0. The predicted molar refractivity (Wildman–Crippen MR) is 44.3 cm³/mol. The number of aliphatic hydroxyl groups is 1. The topological polar surface area (TPSA) is 46.5 Å². The highest BCUT2D eigenvalue weighted by Gasteiger charge is 1.96. The highest BCUT2D eigenvalue weighted by atomic mass is 16.5. The van der Waals surface area contributed by atoms with Crippen molar-refractivity contribution in [1.29, 1.82) is 0 Å². The van der Waals surface area contributed by atoms with Crippen molar-refractivity contribution in [3.8, 4) is 0 Å². The Hall–Kier alpha value is -1.25. The molecule has 0 radical (unpaired) electrons. The quantitative estimate of drug-likeness (QED) is 0.503. The first kappa shape index (κ1) is 12.4. The van der Waals surface area contributed by atoms with Crippen LogP contribution in [0.25, 0.3) is 0 Å². The number of carbonyl (C=O) groups excluding carboxylic acids is 1. The number of ether oxygens (including phenoxy) is 1. The smallest absolute Gasteiger partial charge is 0.222 e. The van der Waals surface area contributed by atoms with Crippen LogP contribution in [0.2, 0.25) is 0 Å². The maximum atomic E-state index is 10.4. The molecule has 0 amide bonds. The van der Waals surface area contributed by atoms with Gasteiger partial charge in [0.15, 0.2) is 5.76 Å². The van der Waals surface area contributed by atoms with E-state index in [2.05, 4.69) is 11.3 Å². The Bertz CT molecular complexity index is 147. The Morgan fingerprint density at radius 1 is 1.55 bits per heavy atom. The molecule has 0 aliphatic rings. The van der Waals surface area contributed by atoms with E-state index in [0.29, 0.717) is 0 Å². The molecule has 0 saturated carbocycles. The van der Waals surface area contributed by atoms with E-state index >= 15 is 0 Å². The van der Waals surface area contributed by atoms with Gasteiger partial charge in [0.05, 0.1) is 13.4 Å². The third kappa shape index (κ3) is 8.75. The fourth-order valence-corrected chi connectivity index (χ4v) is 0.226. The Morgan fingerprint density at radius 3 is 2.27 bits per heavy atom. The summed E-state index contributed by atoms with van der Waals surface area (Å²) in [6, 6.07) is 0. The molecule has 0 rings (SSSR count). The molecule has 0 aliphatic carbocycles. The van der Waals surface area contributed by atoms with Crippen LogP contribution in [0.3, 0.4) is 0 Å². The van der Waals surface area contributed by atoms with Gasteiger partial charge in [0.25, 0.3) is 0 Å². The van der Waals surface area contributed by atoms with Crippen molar-refractivity contribution in [2.24, 2.45) is 0 Å². The minimum absolute atomic E-state index is 0.483. The molecule has 0 aliphatic heterocycles. The summed E-state index contributed by atoms with van der Waals surface area (Å²) >= 11 is 0. The first-order chi connectivity index (χ1) is 5.18. The Labute approximate surface area is 67.0 Å². The molecular formula is C8H14O3. The second-order valence-corrected chi connectivity index (χ2v) is 1.35. The van der Waals surface area contributed by atoms with Gasteiger partial charge in [-0.2, -0.15) is 0 Å². The fourth-order valence-electron chi connectivity index (χ4n) is 0.226. The lowest BCUT2D eigenvalue weighted by Gasteiger charge is -1.87. The van der Waals surface area contributed by atoms with Crippen LogP contribution < -0.4 is 0 Å². The number of allylic oxidation sites excluding steroid dienone is 1. The lowest BCUT2D eigenvalue weighted by molar-refractivity contribution is -0.113. The minimum atomic E-state index is -0.545. The number of carbonyl (C=O) groups is 1. The van der Waals surface area contributed by atoms with E-state index in [9.17, 15) is 4.79 Å². The number of hydrogen-bond acceptors (Lipinski definition) is 3. The fraction of sp³-hybridized carbons (Fsp3) is 0.375. The van der Waals surface area contributed by atoms with Crippen molar-refractivity contribution in [3.63, 3.8) is 0 Å². The van der Waals surface area contributed by atoms with Gasteiger partial charge in [-0.1, -0.05) is 20.4 Å². The highest BCUT2D eigenvalue weighted by molar-refractivity contribution is 6.01. The summed E-state index contributed by atoms with van der Waals surface area (Å²) < 4.78 is 4.41. The summed E-state index contributed by atoms with van der Waals surface area (Å²) in [6.45, 7) is 7.01. The van der Waals surface area contributed by atoms with E-state index in [0.717, 1.165) is 6.08 Å². The van der Waals surface area contributed by atoms with Crippen molar-refractivity contribution in [2.45, 2.75) is 13.8 Å². The monoisotopic (exact) mass is 158 g/mol. The van der Waals surface area contributed by atoms with Crippen molar-refractivity contribution in [1.82, 2.24) is 0 Å². The van der Waals surface area contributed by atoms with Gasteiger partial charge in [0.2, 0.25) is 5.78 Å². The standard InChI is InChI=1S/C6H8O3.C2H6/c1-5(7)6(8)3-4-9-2;1-2/h3-4,7H,1H2,2H3;1-2H3/b4-3-;. The average molecular weight is 158 g/mol. The van der Waals surface area contributed by atoms with E-state index in [1.54, 1.807) is 0 Å². The molecule has 1 N–H and O–H groups in total. The number of aliphatic hydroxyl groups excluding tert-OH is 1. The lowest BCUT2D eigenvalue weighted by Crippen LogP contribution is -1.94. The molecule has 0 aromatic carbocycles. The molecule has 0 atom stereocenters.